The lowest BCUT2D eigenvalue weighted by Crippen LogP contribution is -2.44. The fraction of sp³-hybridized carbons (Fsp3) is 0.467. The SMILES string of the molecule is CC(CN)C(=O)NCC(=O)N1CCCc2ccccc21.Cl. The van der Waals surface area contributed by atoms with Gasteiger partial charge in [0.25, 0.3) is 0 Å². The first kappa shape index (κ1) is 17.5. The number of rotatable bonds is 4. The highest BCUT2D eigenvalue weighted by Gasteiger charge is 2.22. The van der Waals surface area contributed by atoms with Gasteiger partial charge in [-0.25, -0.2) is 0 Å². The third kappa shape index (κ3) is 4.19. The summed E-state index contributed by atoms with van der Waals surface area (Å²) in [5.74, 6) is -0.516. The Morgan fingerprint density at radius 2 is 2.10 bits per heavy atom. The van der Waals surface area contributed by atoms with Crippen LogP contribution in [0.3, 0.4) is 0 Å². The molecular formula is C15H22ClN3O2. The zero-order valence-electron chi connectivity index (χ0n) is 12.2. The molecule has 1 heterocycles. The van der Waals surface area contributed by atoms with Crippen molar-refractivity contribution < 1.29 is 9.59 Å². The van der Waals surface area contributed by atoms with Crippen molar-refractivity contribution in [2.24, 2.45) is 11.7 Å². The van der Waals surface area contributed by atoms with Crippen LogP contribution >= 0.6 is 12.4 Å². The number of nitrogens with zero attached hydrogens (tertiary/aromatic N) is 1. The standard InChI is InChI=1S/C15H21N3O2.ClH/c1-11(9-16)15(20)17-10-14(19)18-8-4-6-12-5-2-3-7-13(12)18;/h2-3,5,7,11H,4,6,8-10,16H2,1H3,(H,17,20);1H. The molecule has 1 aliphatic heterocycles. The van der Waals surface area contributed by atoms with Gasteiger partial charge in [-0.05, 0) is 24.5 Å². The zero-order valence-corrected chi connectivity index (χ0v) is 13.0. The van der Waals surface area contributed by atoms with Crippen molar-refractivity contribution in [1.82, 2.24) is 5.32 Å². The number of anilines is 1. The Balaban J connectivity index is 0.00000220. The molecule has 5 nitrogen and oxygen atoms in total. The van der Waals surface area contributed by atoms with E-state index in [0.717, 1.165) is 18.5 Å². The average Bonchev–Trinajstić information content (AvgIpc) is 2.50. The molecular weight excluding hydrogens is 290 g/mol. The van der Waals surface area contributed by atoms with E-state index in [2.05, 4.69) is 5.32 Å². The number of aryl methyl sites for hydroxylation is 1. The molecule has 6 heteroatoms. The normalized spacial score (nSPS) is 14.7. The van der Waals surface area contributed by atoms with Crippen molar-refractivity contribution in [2.75, 3.05) is 24.5 Å². The molecule has 1 atom stereocenters. The number of benzene rings is 1. The molecule has 21 heavy (non-hydrogen) atoms. The molecule has 0 fully saturated rings. The maximum Gasteiger partial charge on any atom is 0.246 e. The first-order valence-corrected chi connectivity index (χ1v) is 6.99. The molecule has 1 aromatic carbocycles. The van der Waals surface area contributed by atoms with E-state index >= 15 is 0 Å². The quantitative estimate of drug-likeness (QED) is 0.874. The van der Waals surface area contributed by atoms with Crippen molar-refractivity contribution in [1.29, 1.82) is 0 Å². The summed E-state index contributed by atoms with van der Waals surface area (Å²) in [4.78, 5) is 25.7. The smallest absolute Gasteiger partial charge is 0.246 e. The summed E-state index contributed by atoms with van der Waals surface area (Å²) >= 11 is 0. The Bertz CT molecular complexity index is 507. The summed E-state index contributed by atoms with van der Waals surface area (Å²) in [6, 6.07) is 7.91. The van der Waals surface area contributed by atoms with E-state index in [1.54, 1.807) is 11.8 Å². The van der Waals surface area contributed by atoms with Gasteiger partial charge in [-0.15, -0.1) is 12.4 Å². The molecule has 1 aliphatic rings. The molecule has 3 N–H and O–H groups in total. The van der Waals surface area contributed by atoms with Crippen LogP contribution in [0.2, 0.25) is 0 Å². The highest BCUT2D eigenvalue weighted by atomic mass is 35.5. The minimum atomic E-state index is -0.267. The van der Waals surface area contributed by atoms with Gasteiger partial charge >= 0.3 is 0 Å². The number of nitrogens with one attached hydrogen (secondary N) is 1. The van der Waals surface area contributed by atoms with Crippen molar-refractivity contribution >= 4 is 29.9 Å². The van der Waals surface area contributed by atoms with Gasteiger partial charge < -0.3 is 16.0 Å². The molecule has 0 aliphatic carbocycles. The largest absolute Gasteiger partial charge is 0.347 e. The van der Waals surface area contributed by atoms with Gasteiger partial charge in [0.15, 0.2) is 0 Å². The lowest BCUT2D eigenvalue weighted by atomic mass is 10.0. The van der Waals surface area contributed by atoms with Gasteiger partial charge in [0.1, 0.15) is 0 Å². The maximum absolute atomic E-state index is 12.3. The van der Waals surface area contributed by atoms with Crippen LogP contribution in [-0.4, -0.2) is 31.4 Å². The summed E-state index contributed by atoms with van der Waals surface area (Å²) < 4.78 is 0. The lowest BCUT2D eigenvalue weighted by molar-refractivity contribution is -0.127. The summed E-state index contributed by atoms with van der Waals surface area (Å²) in [7, 11) is 0. The van der Waals surface area contributed by atoms with Gasteiger partial charge in [-0.3, -0.25) is 9.59 Å². The first-order valence-electron chi connectivity index (χ1n) is 6.99. The number of carbonyl (C=O) groups excluding carboxylic acids is 2. The monoisotopic (exact) mass is 311 g/mol. The molecule has 0 spiro atoms. The van der Waals surface area contributed by atoms with Crippen molar-refractivity contribution in [2.45, 2.75) is 19.8 Å². The van der Waals surface area contributed by atoms with Gasteiger partial charge in [-0.1, -0.05) is 25.1 Å². The third-order valence-electron chi connectivity index (χ3n) is 3.63. The molecule has 0 aromatic heterocycles. The molecule has 0 saturated heterocycles. The van der Waals surface area contributed by atoms with Crippen LogP contribution in [0.25, 0.3) is 0 Å². The lowest BCUT2D eigenvalue weighted by Gasteiger charge is -2.29. The second-order valence-corrected chi connectivity index (χ2v) is 5.13. The molecule has 2 amide bonds. The van der Waals surface area contributed by atoms with Crippen LogP contribution in [0.1, 0.15) is 18.9 Å². The number of amides is 2. The number of carbonyl (C=O) groups is 2. The Hall–Kier alpha value is -1.59. The zero-order chi connectivity index (χ0) is 14.5. The van der Waals surface area contributed by atoms with E-state index < -0.39 is 0 Å². The number of hydrogen-bond donors (Lipinski definition) is 2. The predicted molar refractivity (Wildman–Crippen MR) is 85.6 cm³/mol. The van der Waals surface area contributed by atoms with Crippen LogP contribution in [0.4, 0.5) is 5.69 Å². The molecule has 0 radical (unpaired) electrons. The highest BCUT2D eigenvalue weighted by Crippen LogP contribution is 2.26. The molecule has 0 bridgehead atoms. The fourth-order valence-electron chi connectivity index (χ4n) is 2.33. The van der Waals surface area contributed by atoms with Crippen LogP contribution in [0, 0.1) is 5.92 Å². The van der Waals surface area contributed by atoms with Crippen LogP contribution < -0.4 is 16.0 Å². The van der Waals surface area contributed by atoms with Gasteiger partial charge in [-0.2, -0.15) is 0 Å². The summed E-state index contributed by atoms with van der Waals surface area (Å²) in [6.45, 7) is 2.76. The molecule has 2 rings (SSSR count). The Morgan fingerprint density at radius 3 is 2.81 bits per heavy atom. The Morgan fingerprint density at radius 1 is 1.38 bits per heavy atom. The molecule has 1 aromatic rings. The van der Waals surface area contributed by atoms with Crippen molar-refractivity contribution in [3.8, 4) is 0 Å². The third-order valence-corrected chi connectivity index (χ3v) is 3.63. The molecule has 1 unspecified atom stereocenters. The number of fused-ring (bicyclic) bond motifs is 1. The molecule has 116 valence electrons. The Labute approximate surface area is 131 Å². The minimum Gasteiger partial charge on any atom is -0.347 e. The van der Waals surface area contributed by atoms with E-state index in [0.29, 0.717) is 6.54 Å². The summed E-state index contributed by atoms with van der Waals surface area (Å²) in [5, 5.41) is 2.65. The van der Waals surface area contributed by atoms with Gasteiger partial charge in [0.2, 0.25) is 11.8 Å². The number of hydrogen-bond acceptors (Lipinski definition) is 3. The highest BCUT2D eigenvalue weighted by molar-refractivity contribution is 5.97. The topological polar surface area (TPSA) is 75.4 Å². The minimum absolute atomic E-state index is 0. The van der Waals surface area contributed by atoms with E-state index in [-0.39, 0.29) is 43.2 Å². The van der Waals surface area contributed by atoms with Crippen LogP contribution in [0.15, 0.2) is 24.3 Å². The van der Waals surface area contributed by atoms with E-state index in [9.17, 15) is 9.59 Å². The Kier molecular flexibility index (Phi) is 6.65. The number of para-hydroxylation sites is 1. The number of nitrogens with two attached hydrogens (primary N) is 1. The predicted octanol–water partition coefficient (Wildman–Crippen LogP) is 1.10. The van der Waals surface area contributed by atoms with Crippen LogP contribution in [-0.2, 0) is 16.0 Å². The van der Waals surface area contributed by atoms with Crippen LogP contribution in [0.5, 0.6) is 0 Å². The average molecular weight is 312 g/mol. The van der Waals surface area contributed by atoms with E-state index in [1.807, 2.05) is 24.3 Å². The summed E-state index contributed by atoms with van der Waals surface area (Å²) in [6.07, 6.45) is 1.95. The van der Waals surface area contributed by atoms with Crippen molar-refractivity contribution in [3.63, 3.8) is 0 Å². The second-order valence-electron chi connectivity index (χ2n) is 5.13. The maximum atomic E-state index is 12.3. The summed E-state index contributed by atoms with van der Waals surface area (Å²) in [5.41, 5.74) is 7.58. The second kappa shape index (κ2) is 8.00. The van der Waals surface area contributed by atoms with E-state index in [1.165, 1.54) is 5.56 Å². The fourth-order valence-corrected chi connectivity index (χ4v) is 2.33. The first-order chi connectivity index (χ1) is 9.63. The number of halogens is 1. The van der Waals surface area contributed by atoms with E-state index in [4.69, 9.17) is 5.73 Å². The van der Waals surface area contributed by atoms with Gasteiger partial charge in [0.05, 0.1) is 6.54 Å². The van der Waals surface area contributed by atoms with Crippen molar-refractivity contribution in [3.05, 3.63) is 29.8 Å². The molecule has 0 saturated carbocycles. The van der Waals surface area contributed by atoms with Gasteiger partial charge in [0, 0.05) is 24.7 Å².